The Kier molecular flexibility index (Phi) is 6.88. The van der Waals surface area contributed by atoms with Crippen LogP contribution in [0, 0.1) is 0 Å². The maximum Gasteiger partial charge on any atom is 0.412 e. The van der Waals surface area contributed by atoms with E-state index < -0.39 is 28.6 Å². The van der Waals surface area contributed by atoms with E-state index in [1.54, 1.807) is 45.4 Å². The average Bonchev–Trinajstić information content (AvgIpc) is 3.40. The highest BCUT2D eigenvalue weighted by atomic mass is 32.2. The van der Waals surface area contributed by atoms with Crippen molar-refractivity contribution in [2.75, 3.05) is 5.75 Å². The number of benzene rings is 1. The number of thioether (sulfide) groups is 1. The molecule has 8 nitrogen and oxygen atoms in total. The molecule has 0 radical (unpaired) electrons. The topological polar surface area (TPSA) is 93.5 Å². The molecule has 1 saturated heterocycles. The number of amides is 2. The van der Waals surface area contributed by atoms with E-state index in [0.717, 1.165) is 5.56 Å². The third-order valence-electron chi connectivity index (χ3n) is 5.56. The summed E-state index contributed by atoms with van der Waals surface area (Å²) in [5, 5.41) is 3.19. The van der Waals surface area contributed by atoms with Crippen LogP contribution in [0.5, 0.6) is 0 Å². The van der Waals surface area contributed by atoms with Crippen LogP contribution in [0.1, 0.15) is 62.8 Å². The highest BCUT2D eigenvalue weighted by Crippen LogP contribution is 2.43. The quantitative estimate of drug-likeness (QED) is 0.461. The summed E-state index contributed by atoms with van der Waals surface area (Å²) < 4.78 is 7.17. The molecule has 3 heterocycles. The van der Waals surface area contributed by atoms with E-state index in [0.29, 0.717) is 22.2 Å². The van der Waals surface area contributed by atoms with Crippen LogP contribution >= 0.6 is 11.8 Å². The van der Waals surface area contributed by atoms with Gasteiger partial charge in [-0.1, -0.05) is 24.3 Å². The Morgan fingerprint density at radius 1 is 1.06 bits per heavy atom. The van der Waals surface area contributed by atoms with Crippen LogP contribution in [0.15, 0.2) is 55.0 Å². The third-order valence-corrected chi connectivity index (χ3v) is 6.88. The molecule has 190 valence electrons. The first-order valence-electron chi connectivity index (χ1n) is 11.9. The number of hydrogen-bond acceptors (Lipinski definition) is 6. The number of nitrogens with one attached hydrogen (secondary N) is 1. The van der Waals surface area contributed by atoms with Gasteiger partial charge in [-0.15, -0.1) is 11.8 Å². The molecule has 9 heteroatoms. The number of Topliss-reactive ketones (excluding diaryl/α,β-unsaturated/α-hetero) is 1. The van der Waals surface area contributed by atoms with Crippen LogP contribution in [0.4, 0.5) is 9.59 Å². The number of rotatable bonds is 3. The number of hydrogen-bond donors (Lipinski definition) is 1. The standard InChI is InChI=1S/C27H32N4O4S/c1-26(2,3)29-24(33)30-15-19(18-11-7-8-12-20(18)30)22(32)21-16-36-23(17-10-9-13-28-14-17)31(21)25(34)35-27(4,5)6/h7-15,21,23H,16H2,1-6H3,(H,29,33)/t21-,23?/m0/s1. The van der Waals surface area contributed by atoms with Gasteiger partial charge < -0.3 is 10.1 Å². The van der Waals surface area contributed by atoms with Gasteiger partial charge in [-0.2, -0.15) is 0 Å². The number of ether oxygens (including phenoxy) is 1. The SMILES string of the molecule is CC(C)(C)NC(=O)n1cc(C(=O)[C@@H]2CSC(c3cccnc3)N2C(=O)OC(C)(C)C)c2ccccc21. The molecule has 1 aromatic carbocycles. The van der Waals surface area contributed by atoms with E-state index in [9.17, 15) is 14.4 Å². The number of pyridine rings is 1. The highest BCUT2D eigenvalue weighted by molar-refractivity contribution is 7.99. The second-order valence-corrected chi connectivity index (χ2v) is 12.0. The number of para-hydroxylation sites is 1. The fourth-order valence-electron chi connectivity index (χ4n) is 4.13. The summed E-state index contributed by atoms with van der Waals surface area (Å²) in [4.78, 5) is 46.1. The lowest BCUT2D eigenvalue weighted by Gasteiger charge is -2.31. The molecule has 2 atom stereocenters. The second-order valence-electron chi connectivity index (χ2n) is 10.8. The molecule has 3 aromatic rings. The van der Waals surface area contributed by atoms with Crippen LogP contribution in [0.3, 0.4) is 0 Å². The zero-order chi connectivity index (χ0) is 26.3. The Morgan fingerprint density at radius 2 is 1.78 bits per heavy atom. The average molecular weight is 509 g/mol. The molecule has 2 amide bonds. The second kappa shape index (κ2) is 9.61. The molecule has 36 heavy (non-hydrogen) atoms. The molecule has 4 rings (SSSR count). The van der Waals surface area contributed by atoms with Gasteiger partial charge in [0.25, 0.3) is 0 Å². The lowest BCUT2D eigenvalue weighted by atomic mass is 10.0. The first-order chi connectivity index (χ1) is 16.9. The lowest BCUT2D eigenvalue weighted by molar-refractivity contribution is 0.0172. The molecule has 1 aliphatic rings. The van der Waals surface area contributed by atoms with Gasteiger partial charge in [0, 0.05) is 46.4 Å². The van der Waals surface area contributed by atoms with Gasteiger partial charge in [0.05, 0.1) is 5.52 Å². The van der Waals surface area contributed by atoms with Gasteiger partial charge in [0.15, 0.2) is 5.78 Å². The van der Waals surface area contributed by atoms with E-state index >= 15 is 0 Å². The maximum atomic E-state index is 14.0. The monoisotopic (exact) mass is 508 g/mol. The summed E-state index contributed by atoms with van der Waals surface area (Å²) in [6.45, 7) is 11.1. The normalized spacial score (nSPS) is 18.3. The number of aromatic nitrogens is 2. The molecule has 1 N–H and O–H groups in total. The minimum atomic E-state index is -0.764. The largest absolute Gasteiger partial charge is 0.444 e. The fourth-order valence-corrected chi connectivity index (χ4v) is 5.53. The minimum absolute atomic E-state index is 0.238. The van der Waals surface area contributed by atoms with Crippen molar-refractivity contribution in [3.63, 3.8) is 0 Å². The van der Waals surface area contributed by atoms with E-state index in [4.69, 9.17) is 4.74 Å². The number of nitrogens with zero attached hydrogens (tertiary/aromatic N) is 3. The predicted molar refractivity (Wildman–Crippen MR) is 141 cm³/mol. The zero-order valence-corrected chi connectivity index (χ0v) is 22.3. The van der Waals surface area contributed by atoms with Crippen molar-refractivity contribution in [2.24, 2.45) is 0 Å². The zero-order valence-electron chi connectivity index (χ0n) is 21.4. The Bertz CT molecular complexity index is 1290. The van der Waals surface area contributed by atoms with Gasteiger partial charge >= 0.3 is 12.1 Å². The van der Waals surface area contributed by atoms with Crippen LogP contribution in [0.2, 0.25) is 0 Å². The molecule has 1 fully saturated rings. The van der Waals surface area contributed by atoms with Crippen molar-refractivity contribution in [3.05, 3.63) is 66.1 Å². The molecular formula is C27H32N4O4S. The molecule has 0 spiro atoms. The smallest absolute Gasteiger partial charge is 0.412 e. The number of ketones is 1. The van der Waals surface area contributed by atoms with Crippen LogP contribution in [-0.2, 0) is 4.74 Å². The summed E-state index contributed by atoms with van der Waals surface area (Å²) in [6, 6.07) is 9.89. The van der Waals surface area contributed by atoms with Crippen LogP contribution in [-0.4, -0.2) is 55.3 Å². The van der Waals surface area contributed by atoms with Crippen LogP contribution in [0.25, 0.3) is 10.9 Å². The molecule has 0 aliphatic carbocycles. The maximum absolute atomic E-state index is 14.0. The Balaban J connectivity index is 1.75. The van der Waals surface area contributed by atoms with Gasteiger partial charge in [0.2, 0.25) is 0 Å². The Labute approximate surface area is 215 Å². The van der Waals surface area contributed by atoms with E-state index in [-0.39, 0.29) is 11.8 Å². The van der Waals surface area contributed by atoms with Crippen molar-refractivity contribution in [1.82, 2.24) is 19.8 Å². The first kappa shape index (κ1) is 25.8. The van der Waals surface area contributed by atoms with Crippen molar-refractivity contribution in [3.8, 4) is 0 Å². The van der Waals surface area contributed by atoms with Crippen molar-refractivity contribution in [1.29, 1.82) is 0 Å². The van der Waals surface area contributed by atoms with Crippen LogP contribution < -0.4 is 5.32 Å². The Morgan fingerprint density at radius 3 is 2.42 bits per heavy atom. The molecule has 0 saturated carbocycles. The first-order valence-corrected chi connectivity index (χ1v) is 12.9. The molecule has 0 bridgehead atoms. The molecule has 2 aromatic heterocycles. The van der Waals surface area contributed by atoms with Crippen molar-refractivity contribution < 1.29 is 19.1 Å². The van der Waals surface area contributed by atoms with Gasteiger partial charge in [-0.05, 0) is 53.7 Å². The predicted octanol–water partition coefficient (Wildman–Crippen LogP) is 5.63. The summed E-state index contributed by atoms with van der Waals surface area (Å²) in [7, 11) is 0. The van der Waals surface area contributed by atoms with E-state index in [2.05, 4.69) is 10.3 Å². The summed E-state index contributed by atoms with van der Waals surface area (Å²) in [5.74, 6) is 0.156. The molecule has 1 aliphatic heterocycles. The Hall–Kier alpha value is -3.33. The third kappa shape index (κ3) is 5.41. The summed E-state index contributed by atoms with van der Waals surface area (Å²) >= 11 is 1.49. The fraction of sp³-hybridized carbons (Fsp3) is 0.407. The minimum Gasteiger partial charge on any atom is -0.444 e. The van der Waals surface area contributed by atoms with Gasteiger partial charge in [-0.3, -0.25) is 19.2 Å². The number of carbonyl (C=O) groups excluding carboxylic acids is 3. The van der Waals surface area contributed by atoms with Crippen molar-refractivity contribution in [2.45, 2.75) is 64.1 Å². The molecule has 1 unspecified atom stereocenters. The van der Waals surface area contributed by atoms with Gasteiger partial charge in [0.1, 0.15) is 17.0 Å². The van der Waals surface area contributed by atoms with E-state index in [1.807, 2.05) is 51.1 Å². The summed E-state index contributed by atoms with van der Waals surface area (Å²) in [6.07, 6.45) is 4.38. The molecular weight excluding hydrogens is 476 g/mol. The summed E-state index contributed by atoms with van der Waals surface area (Å²) in [5.41, 5.74) is 0.662. The lowest BCUT2D eigenvalue weighted by Crippen LogP contribution is -2.45. The number of fused-ring (bicyclic) bond motifs is 1. The highest BCUT2D eigenvalue weighted by Gasteiger charge is 2.45. The van der Waals surface area contributed by atoms with Gasteiger partial charge in [-0.25, -0.2) is 9.59 Å². The van der Waals surface area contributed by atoms with E-state index in [1.165, 1.54) is 21.2 Å². The van der Waals surface area contributed by atoms with Crippen molar-refractivity contribution >= 4 is 40.6 Å². The number of carbonyl (C=O) groups is 3.